The van der Waals surface area contributed by atoms with Crippen molar-refractivity contribution in [3.8, 4) is 0 Å². The summed E-state index contributed by atoms with van der Waals surface area (Å²) in [6.07, 6.45) is -3.13. The van der Waals surface area contributed by atoms with E-state index in [1.165, 1.54) is 13.1 Å². The lowest BCUT2D eigenvalue weighted by atomic mass is 10.3. The van der Waals surface area contributed by atoms with Crippen molar-refractivity contribution < 1.29 is 22.4 Å². The molecule has 1 aromatic rings. The molecule has 0 aliphatic carbocycles. The molecule has 0 bridgehead atoms. The fourth-order valence-electron chi connectivity index (χ4n) is 1.29. The van der Waals surface area contributed by atoms with E-state index in [2.05, 4.69) is 0 Å². The molecule has 3 N–H and O–H groups in total. The Morgan fingerprint density at radius 3 is 2.76 bits per heavy atom. The van der Waals surface area contributed by atoms with Crippen LogP contribution < -0.4 is 11.3 Å². The topological polar surface area (TPSA) is 71.5 Å². The minimum absolute atomic E-state index is 0.0443. The number of furan rings is 1. The van der Waals surface area contributed by atoms with Gasteiger partial charge in [-0.2, -0.15) is 13.2 Å². The number of nitrogens with two attached hydrogens (primary N) is 1. The van der Waals surface area contributed by atoms with Crippen molar-refractivity contribution in [2.75, 3.05) is 13.6 Å². The Hall–Kier alpha value is -1.54. The Bertz CT molecular complexity index is 389. The van der Waals surface area contributed by atoms with Crippen LogP contribution in [0.15, 0.2) is 16.7 Å². The SMILES string of the molecule is CN(Cc1cc(C(=O)NN)co1)CC(F)(F)F. The van der Waals surface area contributed by atoms with E-state index in [1.807, 2.05) is 5.43 Å². The van der Waals surface area contributed by atoms with Crippen LogP contribution in [0.4, 0.5) is 13.2 Å². The first-order chi connectivity index (χ1) is 7.81. The highest BCUT2D eigenvalue weighted by Crippen LogP contribution is 2.17. The lowest BCUT2D eigenvalue weighted by molar-refractivity contribution is -0.144. The number of amides is 1. The fraction of sp³-hybridized carbons (Fsp3) is 0.444. The van der Waals surface area contributed by atoms with Crippen molar-refractivity contribution in [3.05, 3.63) is 23.7 Å². The molecule has 0 aliphatic rings. The lowest BCUT2D eigenvalue weighted by Crippen LogP contribution is -2.30. The first-order valence-corrected chi connectivity index (χ1v) is 4.65. The molecule has 0 aliphatic heterocycles. The number of rotatable bonds is 4. The van der Waals surface area contributed by atoms with Gasteiger partial charge in [-0.1, -0.05) is 0 Å². The first kappa shape index (κ1) is 13.5. The van der Waals surface area contributed by atoms with Crippen LogP contribution in [0.5, 0.6) is 0 Å². The number of nitrogens with one attached hydrogen (secondary N) is 1. The Morgan fingerprint density at radius 1 is 1.59 bits per heavy atom. The van der Waals surface area contributed by atoms with Gasteiger partial charge in [-0.15, -0.1) is 0 Å². The third kappa shape index (κ3) is 4.45. The minimum atomic E-state index is -4.27. The number of hydrazine groups is 1. The zero-order valence-electron chi connectivity index (χ0n) is 9.04. The summed E-state index contributed by atoms with van der Waals surface area (Å²) in [7, 11) is 1.30. The van der Waals surface area contributed by atoms with Crippen LogP contribution in [0.2, 0.25) is 0 Å². The average Bonchev–Trinajstić information content (AvgIpc) is 2.62. The van der Waals surface area contributed by atoms with E-state index in [4.69, 9.17) is 10.3 Å². The number of hydrogen-bond donors (Lipinski definition) is 2. The highest BCUT2D eigenvalue weighted by atomic mass is 19.4. The minimum Gasteiger partial charge on any atom is -0.467 e. The van der Waals surface area contributed by atoms with Crippen LogP contribution in [0.1, 0.15) is 16.1 Å². The van der Waals surface area contributed by atoms with Crippen LogP contribution in [0.3, 0.4) is 0 Å². The van der Waals surface area contributed by atoms with E-state index in [9.17, 15) is 18.0 Å². The summed E-state index contributed by atoms with van der Waals surface area (Å²) in [6, 6.07) is 1.34. The predicted molar refractivity (Wildman–Crippen MR) is 52.8 cm³/mol. The van der Waals surface area contributed by atoms with E-state index >= 15 is 0 Å². The van der Waals surface area contributed by atoms with Gasteiger partial charge < -0.3 is 4.42 Å². The number of hydrogen-bond acceptors (Lipinski definition) is 4. The van der Waals surface area contributed by atoms with Crippen molar-refractivity contribution in [1.29, 1.82) is 0 Å². The van der Waals surface area contributed by atoms with Gasteiger partial charge in [0.05, 0.1) is 18.7 Å². The Labute approximate surface area is 95.3 Å². The van der Waals surface area contributed by atoms with Crippen LogP contribution in [-0.4, -0.2) is 30.6 Å². The lowest BCUT2D eigenvalue weighted by Gasteiger charge is -2.16. The van der Waals surface area contributed by atoms with E-state index in [0.717, 1.165) is 11.2 Å². The van der Waals surface area contributed by atoms with E-state index in [-0.39, 0.29) is 17.9 Å². The Morgan fingerprint density at radius 2 is 2.24 bits per heavy atom. The molecule has 0 unspecified atom stereocenters. The zero-order valence-corrected chi connectivity index (χ0v) is 9.04. The number of nitrogen functional groups attached to an aromatic ring is 1. The maximum absolute atomic E-state index is 12.0. The molecule has 96 valence electrons. The van der Waals surface area contributed by atoms with Gasteiger partial charge in [-0.3, -0.25) is 15.1 Å². The number of carbonyl (C=O) groups excluding carboxylic acids is 1. The molecule has 1 amide bonds. The van der Waals surface area contributed by atoms with Crippen LogP contribution >= 0.6 is 0 Å². The average molecular weight is 251 g/mol. The molecule has 0 fully saturated rings. The molecule has 0 radical (unpaired) electrons. The van der Waals surface area contributed by atoms with Gasteiger partial charge >= 0.3 is 6.18 Å². The second kappa shape index (κ2) is 5.19. The third-order valence-corrected chi connectivity index (χ3v) is 1.92. The Kier molecular flexibility index (Phi) is 4.13. The largest absolute Gasteiger partial charge is 0.467 e. The summed E-state index contributed by atoms with van der Waals surface area (Å²) in [5.41, 5.74) is 2.06. The van der Waals surface area contributed by atoms with Crippen LogP contribution in [-0.2, 0) is 6.54 Å². The molecule has 0 saturated heterocycles. The summed E-state index contributed by atoms with van der Waals surface area (Å²) < 4.78 is 41.1. The number of alkyl halides is 3. The molecule has 0 atom stereocenters. The molecule has 5 nitrogen and oxygen atoms in total. The second-order valence-electron chi connectivity index (χ2n) is 3.56. The van der Waals surface area contributed by atoms with Gasteiger partial charge in [0.15, 0.2) is 0 Å². The third-order valence-electron chi connectivity index (χ3n) is 1.92. The van der Waals surface area contributed by atoms with Crippen LogP contribution in [0.25, 0.3) is 0 Å². The molecular weight excluding hydrogens is 239 g/mol. The van der Waals surface area contributed by atoms with Crippen molar-refractivity contribution in [2.45, 2.75) is 12.7 Å². The summed E-state index contributed by atoms with van der Waals surface area (Å²) in [5.74, 6) is 4.60. The van der Waals surface area contributed by atoms with Gasteiger partial charge in [-0.25, -0.2) is 5.84 Å². The highest BCUT2D eigenvalue weighted by molar-refractivity contribution is 5.93. The number of carbonyl (C=O) groups is 1. The maximum Gasteiger partial charge on any atom is 0.401 e. The molecule has 0 aromatic carbocycles. The second-order valence-corrected chi connectivity index (χ2v) is 3.56. The highest BCUT2D eigenvalue weighted by Gasteiger charge is 2.29. The number of halogens is 3. The van der Waals surface area contributed by atoms with E-state index < -0.39 is 18.6 Å². The summed E-state index contributed by atoms with van der Waals surface area (Å²) in [5, 5.41) is 0. The molecule has 8 heteroatoms. The van der Waals surface area contributed by atoms with Crippen LogP contribution in [0, 0.1) is 0 Å². The van der Waals surface area contributed by atoms with E-state index in [1.54, 1.807) is 0 Å². The maximum atomic E-state index is 12.0. The predicted octanol–water partition coefficient (Wildman–Crippen LogP) is 0.877. The quantitative estimate of drug-likeness (QED) is 0.473. The van der Waals surface area contributed by atoms with Gasteiger partial charge in [0.2, 0.25) is 0 Å². The number of nitrogens with zero attached hydrogens (tertiary/aromatic N) is 1. The van der Waals surface area contributed by atoms with Crippen molar-refractivity contribution in [2.24, 2.45) is 5.84 Å². The van der Waals surface area contributed by atoms with Gasteiger partial charge in [0.1, 0.15) is 12.0 Å². The zero-order chi connectivity index (χ0) is 13.1. The van der Waals surface area contributed by atoms with E-state index in [0.29, 0.717) is 0 Å². The molecule has 0 spiro atoms. The molecule has 17 heavy (non-hydrogen) atoms. The monoisotopic (exact) mass is 251 g/mol. The van der Waals surface area contributed by atoms with Gasteiger partial charge in [0.25, 0.3) is 5.91 Å². The summed E-state index contributed by atoms with van der Waals surface area (Å²) in [6.45, 7) is -1.09. The van der Waals surface area contributed by atoms with Gasteiger partial charge in [-0.05, 0) is 13.1 Å². The molecule has 0 saturated carbocycles. The summed E-state index contributed by atoms with van der Waals surface area (Å²) in [4.78, 5) is 12.1. The molecule has 1 aromatic heterocycles. The molecule has 1 heterocycles. The van der Waals surface area contributed by atoms with Crippen molar-refractivity contribution >= 4 is 5.91 Å². The van der Waals surface area contributed by atoms with Crippen molar-refractivity contribution in [3.63, 3.8) is 0 Å². The van der Waals surface area contributed by atoms with Crippen molar-refractivity contribution in [1.82, 2.24) is 10.3 Å². The van der Waals surface area contributed by atoms with Gasteiger partial charge in [0, 0.05) is 0 Å². The Balaban J connectivity index is 2.57. The first-order valence-electron chi connectivity index (χ1n) is 4.65. The summed E-state index contributed by atoms with van der Waals surface area (Å²) >= 11 is 0. The molecule has 1 rings (SSSR count). The smallest absolute Gasteiger partial charge is 0.401 e. The normalized spacial score (nSPS) is 11.9. The molecular formula is C9H12F3N3O2. The standard InChI is InChI=1S/C9H12F3N3O2/c1-15(5-9(10,11)12)3-7-2-6(4-17-7)8(16)14-13/h2,4H,3,5,13H2,1H3,(H,14,16). The fourth-order valence-corrected chi connectivity index (χ4v) is 1.29.